The Hall–Kier alpha value is -1.26. The maximum absolute atomic E-state index is 6.04. The predicted octanol–water partition coefficient (Wildman–Crippen LogP) is 7.44. The lowest BCUT2D eigenvalue weighted by Crippen LogP contribution is -2.02. The van der Waals surface area contributed by atoms with E-state index in [2.05, 4.69) is 52.0 Å². The summed E-state index contributed by atoms with van der Waals surface area (Å²) < 4.78 is 12.1. The first kappa shape index (κ1) is 19.5. The van der Waals surface area contributed by atoms with E-state index in [9.17, 15) is 0 Å². The molecule has 1 heterocycles. The Morgan fingerprint density at radius 2 is 1.12 bits per heavy atom. The fraction of sp³-hybridized carbons (Fsp3) is 0.455. The zero-order valence-electron chi connectivity index (χ0n) is 16.2. The Kier molecular flexibility index (Phi) is 6.82. The molecule has 0 saturated carbocycles. The van der Waals surface area contributed by atoms with Crippen molar-refractivity contribution in [2.45, 2.75) is 63.2 Å². The molecule has 2 aromatic rings. The summed E-state index contributed by atoms with van der Waals surface area (Å²) in [6.45, 7) is 10.2. The van der Waals surface area contributed by atoms with Gasteiger partial charge in [-0.05, 0) is 62.1 Å². The van der Waals surface area contributed by atoms with E-state index in [1.54, 1.807) is 0 Å². The molecule has 0 fully saturated rings. The van der Waals surface area contributed by atoms with Crippen molar-refractivity contribution in [3.63, 3.8) is 0 Å². The normalized spacial score (nSPS) is 12.5. The van der Waals surface area contributed by atoms with Gasteiger partial charge < -0.3 is 9.47 Å². The summed E-state index contributed by atoms with van der Waals surface area (Å²) in [5.41, 5.74) is 4.95. The molecule has 1 aliphatic heterocycles. The van der Waals surface area contributed by atoms with Crippen molar-refractivity contribution in [2.24, 2.45) is 0 Å². The van der Waals surface area contributed by atoms with Crippen LogP contribution in [0.25, 0.3) is 11.1 Å². The maximum Gasteiger partial charge on any atom is 0.122 e. The Balaban J connectivity index is 1.94. The van der Waals surface area contributed by atoms with Gasteiger partial charge in [-0.3, -0.25) is 0 Å². The van der Waals surface area contributed by atoms with Crippen LogP contribution < -0.4 is 9.47 Å². The molecule has 0 saturated heterocycles. The van der Waals surface area contributed by atoms with Crippen molar-refractivity contribution in [3.8, 4) is 22.6 Å². The molecule has 0 unspecified atom stereocenters. The minimum Gasteiger partial charge on any atom is -0.493 e. The van der Waals surface area contributed by atoms with E-state index < -0.39 is 0 Å². The molecule has 2 aromatic carbocycles. The molecule has 0 radical (unpaired) electrons. The van der Waals surface area contributed by atoms with Gasteiger partial charge in [0, 0.05) is 20.9 Å². The number of hydrogen-bond donors (Lipinski definition) is 0. The molecule has 140 valence electrons. The highest BCUT2D eigenvalue weighted by Crippen LogP contribution is 2.53. The van der Waals surface area contributed by atoms with Crippen LogP contribution in [0.1, 0.15) is 50.7 Å². The van der Waals surface area contributed by atoms with Crippen molar-refractivity contribution < 1.29 is 9.47 Å². The van der Waals surface area contributed by atoms with Gasteiger partial charge in [0.1, 0.15) is 11.5 Å². The topological polar surface area (TPSA) is 18.5 Å². The van der Waals surface area contributed by atoms with Crippen molar-refractivity contribution in [2.75, 3.05) is 13.2 Å². The summed E-state index contributed by atoms with van der Waals surface area (Å²) >= 11 is 0. The van der Waals surface area contributed by atoms with Crippen LogP contribution in [0.4, 0.5) is 0 Å². The molecule has 26 heavy (non-hydrogen) atoms. The van der Waals surface area contributed by atoms with Gasteiger partial charge in [0.25, 0.3) is 0 Å². The van der Waals surface area contributed by atoms with Gasteiger partial charge in [-0.25, -0.2) is 0 Å². The van der Waals surface area contributed by atoms with Crippen molar-refractivity contribution in [1.82, 2.24) is 0 Å². The van der Waals surface area contributed by atoms with Gasteiger partial charge in [-0.2, -0.15) is 0 Å². The Morgan fingerprint density at radius 3 is 1.50 bits per heavy atom. The Morgan fingerprint density at radius 1 is 0.692 bits per heavy atom. The van der Waals surface area contributed by atoms with Crippen LogP contribution in [0, 0.1) is 13.8 Å². The fourth-order valence-corrected chi connectivity index (χ4v) is 5.45. The van der Waals surface area contributed by atoms with Crippen LogP contribution in [0.15, 0.2) is 34.1 Å². The number of ether oxygens (including phenoxy) is 2. The van der Waals surface area contributed by atoms with Crippen LogP contribution in [-0.2, 0) is 0 Å². The number of aryl methyl sites for hydroxylation is 2. The summed E-state index contributed by atoms with van der Waals surface area (Å²) in [5.74, 6) is 2.01. The molecule has 2 nitrogen and oxygen atoms in total. The lowest BCUT2D eigenvalue weighted by atomic mass is 10.0. The smallest absolute Gasteiger partial charge is 0.122 e. The molecule has 0 amide bonds. The molecular weight excluding hydrogens is 360 g/mol. The molecule has 0 aliphatic carbocycles. The predicted molar refractivity (Wildman–Crippen MR) is 114 cm³/mol. The number of fused-ring (bicyclic) bond motifs is 3. The highest BCUT2D eigenvalue weighted by molar-refractivity contribution is 8.76. The largest absolute Gasteiger partial charge is 0.493 e. The molecule has 1 aliphatic rings. The van der Waals surface area contributed by atoms with E-state index >= 15 is 0 Å². The van der Waals surface area contributed by atoms with Gasteiger partial charge in [0.15, 0.2) is 0 Å². The summed E-state index contributed by atoms with van der Waals surface area (Å²) in [7, 11) is 3.68. The molecule has 0 atom stereocenters. The van der Waals surface area contributed by atoms with Crippen LogP contribution in [-0.4, -0.2) is 13.2 Å². The first-order valence-electron chi connectivity index (χ1n) is 9.53. The SMILES string of the molecule is CCCCOc1cc2c(cc1C)SSc1cc(C)c(OCCCC)cc1-2. The summed E-state index contributed by atoms with van der Waals surface area (Å²) in [6.07, 6.45) is 4.48. The second-order valence-electron chi connectivity index (χ2n) is 6.80. The number of hydrogen-bond acceptors (Lipinski definition) is 4. The summed E-state index contributed by atoms with van der Waals surface area (Å²) in [6, 6.07) is 8.96. The number of unbranched alkanes of at least 4 members (excludes halogenated alkanes) is 2. The second kappa shape index (κ2) is 9.09. The molecule has 0 spiro atoms. The lowest BCUT2D eigenvalue weighted by Gasteiger charge is -2.22. The second-order valence-corrected chi connectivity index (χ2v) is 9.01. The third kappa shape index (κ3) is 4.34. The van der Waals surface area contributed by atoms with Crippen LogP contribution in [0.3, 0.4) is 0 Å². The monoisotopic (exact) mass is 388 g/mol. The summed E-state index contributed by atoms with van der Waals surface area (Å²) in [4.78, 5) is 2.62. The minimum absolute atomic E-state index is 0.782. The molecule has 3 rings (SSSR count). The summed E-state index contributed by atoms with van der Waals surface area (Å²) in [5, 5.41) is 0. The lowest BCUT2D eigenvalue weighted by molar-refractivity contribution is 0.306. The quantitative estimate of drug-likeness (QED) is 0.345. The first-order chi connectivity index (χ1) is 12.6. The number of benzene rings is 2. The van der Waals surface area contributed by atoms with Crippen molar-refractivity contribution in [1.29, 1.82) is 0 Å². The first-order valence-corrected chi connectivity index (χ1v) is 11.7. The third-order valence-corrected chi connectivity index (χ3v) is 7.02. The molecule has 0 bridgehead atoms. The molecule has 4 heteroatoms. The van der Waals surface area contributed by atoms with Crippen LogP contribution in [0.2, 0.25) is 0 Å². The standard InChI is InChI=1S/C22H28O2S2/c1-5-7-9-23-19-13-17-18-14-20(24-10-8-6-2)16(4)12-22(18)26-25-21(17)11-15(19)3/h11-14H,5-10H2,1-4H3. The van der Waals surface area contributed by atoms with Crippen LogP contribution in [0.5, 0.6) is 11.5 Å². The van der Waals surface area contributed by atoms with E-state index in [4.69, 9.17) is 9.47 Å². The van der Waals surface area contributed by atoms with Crippen molar-refractivity contribution in [3.05, 3.63) is 35.4 Å². The average Bonchev–Trinajstić information content (AvgIpc) is 2.63. The van der Waals surface area contributed by atoms with E-state index in [-0.39, 0.29) is 0 Å². The highest BCUT2D eigenvalue weighted by atomic mass is 33.1. The van der Waals surface area contributed by atoms with Crippen molar-refractivity contribution >= 4 is 21.6 Å². The Bertz CT molecular complexity index is 706. The zero-order chi connectivity index (χ0) is 18.5. The molecule has 0 aromatic heterocycles. The van der Waals surface area contributed by atoms with E-state index in [1.807, 2.05) is 21.6 Å². The molecule has 0 N–H and O–H groups in total. The van der Waals surface area contributed by atoms with E-state index in [1.165, 1.54) is 32.0 Å². The van der Waals surface area contributed by atoms with Gasteiger partial charge in [0.05, 0.1) is 13.2 Å². The van der Waals surface area contributed by atoms with Gasteiger partial charge >= 0.3 is 0 Å². The zero-order valence-corrected chi connectivity index (χ0v) is 17.8. The van der Waals surface area contributed by atoms with Gasteiger partial charge in [-0.15, -0.1) is 0 Å². The van der Waals surface area contributed by atoms with Crippen LogP contribution >= 0.6 is 21.6 Å². The number of rotatable bonds is 8. The average molecular weight is 389 g/mol. The Labute approximate surface area is 165 Å². The minimum atomic E-state index is 0.782. The van der Waals surface area contributed by atoms with E-state index in [0.717, 1.165) is 50.4 Å². The van der Waals surface area contributed by atoms with E-state index in [0.29, 0.717) is 0 Å². The highest BCUT2D eigenvalue weighted by Gasteiger charge is 2.21. The van der Waals surface area contributed by atoms with Gasteiger partial charge in [0.2, 0.25) is 0 Å². The fourth-order valence-electron chi connectivity index (χ4n) is 2.94. The van der Waals surface area contributed by atoms with Gasteiger partial charge in [-0.1, -0.05) is 48.3 Å². The molecular formula is C22H28O2S2. The third-order valence-electron chi connectivity index (χ3n) is 4.58. The maximum atomic E-state index is 6.04.